The van der Waals surface area contributed by atoms with Gasteiger partial charge in [0.25, 0.3) is 0 Å². The molecule has 2 aromatic carbocycles. The lowest BCUT2D eigenvalue weighted by Gasteiger charge is -2.36. The number of hydrogen-bond donors (Lipinski definition) is 1. The summed E-state index contributed by atoms with van der Waals surface area (Å²) in [5.74, 6) is -1.08. The van der Waals surface area contributed by atoms with Gasteiger partial charge in [0.15, 0.2) is 7.85 Å². The molecule has 1 heterocycles. The number of benzene rings is 2. The first-order chi connectivity index (χ1) is 11.3. The summed E-state index contributed by atoms with van der Waals surface area (Å²) in [6, 6.07) is 10.8. The number of hydrogen-bond acceptors (Lipinski definition) is 3. The van der Waals surface area contributed by atoms with E-state index < -0.39 is 10.7 Å². The summed E-state index contributed by atoms with van der Waals surface area (Å²) in [5.41, 5.74) is 2.38. The summed E-state index contributed by atoms with van der Waals surface area (Å²) in [7, 11) is 1.92. The number of rotatable bonds is 3. The fourth-order valence-electron chi connectivity index (χ4n) is 2.94. The van der Waals surface area contributed by atoms with Crippen LogP contribution in [0.5, 0.6) is 0 Å². The molecule has 0 saturated carbocycles. The van der Waals surface area contributed by atoms with Gasteiger partial charge in [0.2, 0.25) is 5.91 Å². The molecule has 0 aromatic heterocycles. The largest absolute Gasteiger partial charge is 0.478 e. The topological polar surface area (TPSA) is 57.6 Å². The summed E-state index contributed by atoms with van der Waals surface area (Å²) in [6.45, 7) is 1.78. The Labute approximate surface area is 144 Å². The number of halogens is 1. The number of thioether (sulfide) groups is 1. The normalized spacial score (nSPS) is 20.4. The molecule has 1 fully saturated rings. The SMILES string of the molecule is BC1(c2ccc(F)cc2)SCC(=O)N1c1ccc(C(=O)O)cc1C. The van der Waals surface area contributed by atoms with E-state index in [0.29, 0.717) is 17.0 Å². The molecule has 3 rings (SSSR count). The van der Waals surface area contributed by atoms with Crippen LogP contribution in [0.25, 0.3) is 0 Å². The Kier molecular flexibility index (Phi) is 4.13. The Morgan fingerprint density at radius 2 is 1.96 bits per heavy atom. The number of aryl methyl sites for hydroxylation is 1. The lowest BCUT2D eigenvalue weighted by molar-refractivity contribution is -0.116. The van der Waals surface area contributed by atoms with Gasteiger partial charge in [-0.1, -0.05) is 12.1 Å². The van der Waals surface area contributed by atoms with Crippen LogP contribution in [0.1, 0.15) is 21.5 Å². The summed E-state index contributed by atoms with van der Waals surface area (Å²) >= 11 is 1.47. The van der Waals surface area contributed by atoms with E-state index in [1.165, 1.54) is 30.0 Å². The molecule has 1 unspecified atom stereocenters. The highest BCUT2D eigenvalue weighted by Gasteiger charge is 2.44. The third-order valence-corrected chi connectivity index (χ3v) is 5.59. The molecule has 0 aliphatic carbocycles. The molecule has 1 saturated heterocycles. The predicted octanol–water partition coefficient (Wildman–Crippen LogP) is 2.36. The number of anilines is 1. The van der Waals surface area contributed by atoms with Gasteiger partial charge in [-0.3, -0.25) is 4.79 Å². The molecular formula is C17H15BFNO3S. The minimum atomic E-state index is -1.01. The van der Waals surface area contributed by atoms with Gasteiger partial charge in [-0.15, -0.1) is 11.8 Å². The van der Waals surface area contributed by atoms with Crippen molar-refractivity contribution >= 4 is 37.2 Å². The molecule has 4 nitrogen and oxygen atoms in total. The van der Waals surface area contributed by atoms with Crippen molar-refractivity contribution in [3.63, 3.8) is 0 Å². The zero-order valence-electron chi connectivity index (χ0n) is 13.2. The van der Waals surface area contributed by atoms with Crippen LogP contribution in [0.15, 0.2) is 42.5 Å². The Morgan fingerprint density at radius 1 is 1.29 bits per heavy atom. The fraction of sp³-hybridized carbons (Fsp3) is 0.176. The van der Waals surface area contributed by atoms with Gasteiger partial charge in [-0.25, -0.2) is 9.18 Å². The van der Waals surface area contributed by atoms with Crippen LogP contribution in [0.2, 0.25) is 0 Å². The maximum Gasteiger partial charge on any atom is 0.335 e. The van der Waals surface area contributed by atoms with Crippen LogP contribution in [-0.2, 0) is 9.56 Å². The lowest BCUT2D eigenvalue weighted by Crippen LogP contribution is -2.43. The summed E-state index contributed by atoms with van der Waals surface area (Å²) in [5, 5.41) is 9.10. The smallest absolute Gasteiger partial charge is 0.335 e. The van der Waals surface area contributed by atoms with E-state index in [-0.39, 0.29) is 17.3 Å². The molecule has 1 aliphatic heterocycles. The molecule has 24 heavy (non-hydrogen) atoms. The van der Waals surface area contributed by atoms with Crippen LogP contribution in [0.3, 0.4) is 0 Å². The molecule has 1 atom stereocenters. The first-order valence-electron chi connectivity index (χ1n) is 7.40. The summed E-state index contributed by atoms with van der Waals surface area (Å²) < 4.78 is 12.6. The Balaban J connectivity index is 2.08. The average molecular weight is 343 g/mol. The van der Waals surface area contributed by atoms with Gasteiger partial charge in [0.05, 0.1) is 16.1 Å². The quantitative estimate of drug-likeness (QED) is 0.870. The molecule has 2 aromatic rings. The van der Waals surface area contributed by atoms with Gasteiger partial charge in [-0.2, -0.15) is 0 Å². The zero-order valence-corrected chi connectivity index (χ0v) is 14.1. The minimum Gasteiger partial charge on any atom is -0.478 e. The zero-order chi connectivity index (χ0) is 17.5. The average Bonchev–Trinajstić information content (AvgIpc) is 2.84. The molecule has 7 heteroatoms. The highest BCUT2D eigenvalue weighted by molar-refractivity contribution is 8.02. The van der Waals surface area contributed by atoms with Gasteiger partial charge in [0.1, 0.15) is 5.82 Å². The van der Waals surface area contributed by atoms with Crippen LogP contribution in [0, 0.1) is 12.7 Å². The molecule has 122 valence electrons. The number of carboxylic acid groups (broad SMARTS) is 1. The highest BCUT2D eigenvalue weighted by Crippen LogP contribution is 2.46. The van der Waals surface area contributed by atoms with E-state index in [1.807, 2.05) is 7.85 Å². The Hall–Kier alpha value is -2.28. The number of aromatic carboxylic acids is 1. The van der Waals surface area contributed by atoms with Crippen LogP contribution in [0.4, 0.5) is 10.1 Å². The third kappa shape index (κ3) is 2.69. The van der Waals surface area contributed by atoms with Crippen molar-refractivity contribution in [3.8, 4) is 0 Å². The monoisotopic (exact) mass is 343 g/mol. The third-order valence-electron chi connectivity index (χ3n) is 4.22. The maximum absolute atomic E-state index is 13.2. The van der Waals surface area contributed by atoms with E-state index in [2.05, 4.69) is 0 Å². The second-order valence-corrected chi connectivity index (χ2v) is 7.19. The van der Waals surface area contributed by atoms with Crippen molar-refractivity contribution in [2.24, 2.45) is 0 Å². The van der Waals surface area contributed by atoms with Gasteiger partial charge < -0.3 is 10.0 Å². The Morgan fingerprint density at radius 3 is 2.54 bits per heavy atom. The maximum atomic E-state index is 13.2. The number of carbonyl (C=O) groups excluding carboxylic acids is 1. The standard InChI is InChI=1S/C17H15BFNO3S/c1-10-8-11(16(22)23)2-7-14(10)20-15(21)9-24-17(20,18)12-3-5-13(19)6-4-12/h2-8H,9,18H2,1H3,(H,22,23). The number of carboxylic acids is 1. The van der Waals surface area contributed by atoms with Crippen molar-refractivity contribution in [1.82, 2.24) is 0 Å². The summed E-state index contributed by atoms with van der Waals surface area (Å²) in [4.78, 5) is 25.3. The van der Waals surface area contributed by atoms with E-state index in [4.69, 9.17) is 5.11 Å². The highest BCUT2D eigenvalue weighted by atomic mass is 32.2. The lowest BCUT2D eigenvalue weighted by atomic mass is 9.85. The van der Waals surface area contributed by atoms with Gasteiger partial charge in [0, 0.05) is 5.69 Å². The molecule has 0 bridgehead atoms. The molecule has 1 amide bonds. The van der Waals surface area contributed by atoms with E-state index >= 15 is 0 Å². The number of amides is 1. The Bertz CT molecular complexity index is 827. The molecule has 1 N–H and O–H groups in total. The van der Waals surface area contributed by atoms with Crippen molar-refractivity contribution < 1.29 is 19.1 Å². The van der Waals surface area contributed by atoms with Crippen LogP contribution in [-0.4, -0.2) is 30.6 Å². The predicted molar refractivity (Wildman–Crippen MR) is 94.7 cm³/mol. The van der Waals surface area contributed by atoms with E-state index in [9.17, 15) is 14.0 Å². The molecular weight excluding hydrogens is 328 g/mol. The van der Waals surface area contributed by atoms with Crippen molar-refractivity contribution in [2.45, 2.75) is 11.7 Å². The number of nitrogens with zero attached hydrogens (tertiary/aromatic N) is 1. The minimum absolute atomic E-state index is 0.0574. The van der Waals surface area contributed by atoms with E-state index in [1.54, 1.807) is 36.1 Å². The molecule has 1 aliphatic rings. The van der Waals surface area contributed by atoms with Crippen molar-refractivity contribution in [2.75, 3.05) is 10.7 Å². The van der Waals surface area contributed by atoms with Crippen molar-refractivity contribution in [1.29, 1.82) is 0 Å². The number of carbonyl (C=O) groups is 2. The van der Waals surface area contributed by atoms with Crippen LogP contribution < -0.4 is 4.90 Å². The summed E-state index contributed by atoms with van der Waals surface area (Å²) in [6.07, 6.45) is 0. The van der Waals surface area contributed by atoms with E-state index in [0.717, 1.165) is 5.56 Å². The van der Waals surface area contributed by atoms with Gasteiger partial charge >= 0.3 is 5.97 Å². The second-order valence-electron chi connectivity index (χ2n) is 5.81. The van der Waals surface area contributed by atoms with Gasteiger partial charge in [-0.05, 0) is 48.4 Å². The van der Waals surface area contributed by atoms with Crippen molar-refractivity contribution in [3.05, 3.63) is 65.0 Å². The second kappa shape index (κ2) is 5.98. The van der Waals surface area contributed by atoms with Crippen LogP contribution >= 0.6 is 11.8 Å². The first kappa shape index (κ1) is 16.6. The molecule has 0 spiro atoms. The first-order valence-corrected chi connectivity index (χ1v) is 8.38. The molecule has 0 radical (unpaired) electrons. The fourth-order valence-corrected chi connectivity index (χ4v) is 4.11.